The molecule has 0 saturated carbocycles. The zero-order chi connectivity index (χ0) is 13.7. The number of para-hydroxylation sites is 1. The summed E-state index contributed by atoms with van der Waals surface area (Å²) in [5, 5.41) is 14.8. The van der Waals surface area contributed by atoms with Gasteiger partial charge in [-0.25, -0.2) is 9.59 Å². The van der Waals surface area contributed by atoms with Gasteiger partial charge in [0.1, 0.15) is 0 Å². The first-order valence-electron chi connectivity index (χ1n) is 4.88. The van der Waals surface area contributed by atoms with Crippen LogP contribution in [0.3, 0.4) is 0 Å². The van der Waals surface area contributed by atoms with Crippen LogP contribution in [-0.4, -0.2) is 40.9 Å². The molecule has 0 radical (unpaired) electrons. The molecule has 1 aromatic carbocycles. The van der Waals surface area contributed by atoms with E-state index >= 15 is 0 Å². The Morgan fingerprint density at radius 3 is 2.33 bits per heavy atom. The number of carboxylic acids is 2. The summed E-state index contributed by atoms with van der Waals surface area (Å²) < 4.78 is 0. The van der Waals surface area contributed by atoms with Gasteiger partial charge in [0, 0.05) is 11.9 Å². The number of aliphatic carboxylic acids is 2. The molecular formula is C11H11NO5S. The standard InChI is InChI=1S/C9H9NOS.C2H2O4/c1-10-7-4-2-3-5-8(7)12-6-9(10)11;3-1(4)2(5)6/h2-5H,6H2,1H3;(H,3,4)(H,5,6). The summed E-state index contributed by atoms with van der Waals surface area (Å²) in [6.07, 6.45) is 0. The molecule has 0 saturated heterocycles. The lowest BCUT2D eigenvalue weighted by Gasteiger charge is -2.24. The molecule has 0 atom stereocenters. The van der Waals surface area contributed by atoms with Gasteiger partial charge in [-0.3, -0.25) is 4.79 Å². The van der Waals surface area contributed by atoms with Gasteiger partial charge in [-0.2, -0.15) is 0 Å². The van der Waals surface area contributed by atoms with Crippen LogP contribution in [0.1, 0.15) is 0 Å². The highest BCUT2D eigenvalue weighted by atomic mass is 32.2. The van der Waals surface area contributed by atoms with Crippen molar-refractivity contribution in [3.8, 4) is 0 Å². The van der Waals surface area contributed by atoms with E-state index in [1.165, 1.54) is 4.90 Å². The summed E-state index contributed by atoms with van der Waals surface area (Å²) in [6, 6.07) is 7.96. The molecule has 1 aromatic rings. The van der Waals surface area contributed by atoms with Crippen LogP contribution in [0.15, 0.2) is 29.2 Å². The molecule has 0 spiro atoms. The Balaban J connectivity index is 0.000000232. The molecule has 0 aromatic heterocycles. The van der Waals surface area contributed by atoms with Crippen LogP contribution in [0, 0.1) is 0 Å². The predicted molar refractivity (Wildman–Crippen MR) is 65.8 cm³/mol. The first-order valence-corrected chi connectivity index (χ1v) is 5.86. The molecular weight excluding hydrogens is 258 g/mol. The van der Waals surface area contributed by atoms with Crippen molar-refractivity contribution in [3.05, 3.63) is 24.3 Å². The summed E-state index contributed by atoms with van der Waals surface area (Å²) in [5.41, 5.74) is 1.03. The van der Waals surface area contributed by atoms with E-state index in [9.17, 15) is 4.79 Å². The summed E-state index contributed by atoms with van der Waals surface area (Å²) in [6.45, 7) is 0. The van der Waals surface area contributed by atoms with Crippen LogP contribution in [0.25, 0.3) is 0 Å². The maximum absolute atomic E-state index is 11.3. The molecule has 1 aliphatic rings. The van der Waals surface area contributed by atoms with Crippen LogP contribution in [-0.2, 0) is 14.4 Å². The van der Waals surface area contributed by atoms with Gasteiger partial charge in [0.05, 0.1) is 11.4 Å². The number of carbonyl (C=O) groups excluding carboxylic acids is 1. The topological polar surface area (TPSA) is 94.9 Å². The Bertz CT molecular complexity index is 476. The van der Waals surface area contributed by atoms with E-state index in [1.807, 2.05) is 31.3 Å². The molecule has 7 heteroatoms. The fourth-order valence-corrected chi connectivity index (χ4v) is 2.23. The number of hydrogen-bond acceptors (Lipinski definition) is 4. The minimum Gasteiger partial charge on any atom is -0.473 e. The number of amides is 1. The number of carbonyl (C=O) groups is 3. The molecule has 18 heavy (non-hydrogen) atoms. The van der Waals surface area contributed by atoms with Gasteiger partial charge in [0.15, 0.2) is 0 Å². The maximum atomic E-state index is 11.3. The van der Waals surface area contributed by atoms with Crippen molar-refractivity contribution >= 4 is 35.3 Å². The van der Waals surface area contributed by atoms with Gasteiger partial charge in [0.2, 0.25) is 5.91 Å². The molecule has 2 N–H and O–H groups in total. The number of benzene rings is 1. The van der Waals surface area contributed by atoms with E-state index in [4.69, 9.17) is 19.8 Å². The van der Waals surface area contributed by atoms with Crippen molar-refractivity contribution < 1.29 is 24.6 Å². The van der Waals surface area contributed by atoms with Crippen LogP contribution in [0.5, 0.6) is 0 Å². The Morgan fingerprint density at radius 2 is 1.78 bits per heavy atom. The second kappa shape index (κ2) is 6.06. The van der Waals surface area contributed by atoms with Gasteiger partial charge in [-0.1, -0.05) is 12.1 Å². The number of anilines is 1. The van der Waals surface area contributed by atoms with Crippen molar-refractivity contribution in [3.63, 3.8) is 0 Å². The zero-order valence-corrected chi connectivity index (χ0v) is 10.3. The third-order valence-electron chi connectivity index (χ3n) is 2.13. The van der Waals surface area contributed by atoms with Crippen molar-refractivity contribution in [2.45, 2.75) is 4.90 Å². The summed E-state index contributed by atoms with van der Waals surface area (Å²) in [5.74, 6) is -2.91. The number of fused-ring (bicyclic) bond motifs is 1. The van der Waals surface area contributed by atoms with Gasteiger partial charge >= 0.3 is 11.9 Å². The second-order valence-electron chi connectivity index (χ2n) is 3.32. The van der Waals surface area contributed by atoms with Crippen molar-refractivity contribution in [1.29, 1.82) is 0 Å². The predicted octanol–water partition coefficient (Wildman–Crippen LogP) is 0.911. The fourth-order valence-electron chi connectivity index (χ4n) is 1.23. The van der Waals surface area contributed by atoms with E-state index in [0.29, 0.717) is 5.75 Å². The first kappa shape index (κ1) is 14.0. The van der Waals surface area contributed by atoms with E-state index in [1.54, 1.807) is 16.7 Å². The van der Waals surface area contributed by atoms with Gasteiger partial charge in [0.25, 0.3) is 0 Å². The normalized spacial score (nSPS) is 13.2. The van der Waals surface area contributed by atoms with Crippen LogP contribution in [0.2, 0.25) is 0 Å². The lowest BCUT2D eigenvalue weighted by molar-refractivity contribution is -0.159. The van der Waals surface area contributed by atoms with Crippen LogP contribution in [0.4, 0.5) is 5.69 Å². The zero-order valence-electron chi connectivity index (χ0n) is 9.49. The van der Waals surface area contributed by atoms with E-state index in [0.717, 1.165) is 5.69 Å². The van der Waals surface area contributed by atoms with Crippen LogP contribution < -0.4 is 4.90 Å². The van der Waals surface area contributed by atoms with Gasteiger partial charge < -0.3 is 15.1 Å². The van der Waals surface area contributed by atoms with Crippen molar-refractivity contribution in [1.82, 2.24) is 0 Å². The Morgan fingerprint density at radius 1 is 1.22 bits per heavy atom. The lowest BCUT2D eigenvalue weighted by Crippen LogP contribution is -2.31. The summed E-state index contributed by atoms with van der Waals surface area (Å²) >= 11 is 1.61. The van der Waals surface area contributed by atoms with E-state index in [-0.39, 0.29) is 5.91 Å². The monoisotopic (exact) mass is 269 g/mol. The molecule has 0 fully saturated rings. The minimum atomic E-state index is -1.82. The first-order chi connectivity index (χ1) is 8.43. The highest BCUT2D eigenvalue weighted by Crippen LogP contribution is 2.33. The molecule has 6 nitrogen and oxygen atoms in total. The molecule has 1 heterocycles. The molecule has 0 bridgehead atoms. The minimum absolute atomic E-state index is 0.179. The summed E-state index contributed by atoms with van der Waals surface area (Å²) in [7, 11) is 1.82. The van der Waals surface area contributed by atoms with E-state index < -0.39 is 11.9 Å². The third kappa shape index (κ3) is 3.49. The fraction of sp³-hybridized carbons (Fsp3) is 0.182. The highest BCUT2D eigenvalue weighted by Gasteiger charge is 2.19. The lowest BCUT2D eigenvalue weighted by atomic mass is 10.3. The quantitative estimate of drug-likeness (QED) is 0.680. The Kier molecular flexibility index (Phi) is 4.73. The number of carboxylic acid groups (broad SMARTS) is 2. The van der Waals surface area contributed by atoms with Crippen LogP contribution >= 0.6 is 11.8 Å². The molecule has 0 unspecified atom stereocenters. The van der Waals surface area contributed by atoms with Crippen molar-refractivity contribution in [2.24, 2.45) is 0 Å². The smallest absolute Gasteiger partial charge is 0.414 e. The highest BCUT2D eigenvalue weighted by molar-refractivity contribution is 8.00. The number of hydrogen-bond donors (Lipinski definition) is 2. The third-order valence-corrected chi connectivity index (χ3v) is 3.18. The molecule has 2 rings (SSSR count). The van der Waals surface area contributed by atoms with Crippen molar-refractivity contribution in [2.75, 3.05) is 17.7 Å². The van der Waals surface area contributed by atoms with E-state index in [2.05, 4.69) is 0 Å². The average Bonchev–Trinajstić information content (AvgIpc) is 2.35. The number of rotatable bonds is 0. The SMILES string of the molecule is CN1C(=O)CSc2ccccc21.O=C(O)C(=O)O. The average molecular weight is 269 g/mol. The molecule has 1 aliphatic heterocycles. The van der Waals surface area contributed by atoms with Gasteiger partial charge in [-0.05, 0) is 12.1 Å². The summed E-state index contributed by atoms with van der Waals surface area (Å²) in [4.78, 5) is 32.4. The maximum Gasteiger partial charge on any atom is 0.414 e. The largest absolute Gasteiger partial charge is 0.473 e. The Labute approximate surface area is 107 Å². The second-order valence-corrected chi connectivity index (χ2v) is 4.34. The molecule has 96 valence electrons. The molecule has 1 amide bonds. The Hall–Kier alpha value is -2.02. The number of nitrogens with zero attached hydrogens (tertiary/aromatic N) is 1. The van der Waals surface area contributed by atoms with Gasteiger partial charge in [-0.15, -0.1) is 11.8 Å². The molecule has 0 aliphatic carbocycles. The number of thioether (sulfide) groups is 1.